The van der Waals surface area contributed by atoms with Crippen molar-refractivity contribution in [1.29, 1.82) is 0 Å². The van der Waals surface area contributed by atoms with Crippen molar-refractivity contribution in [3.8, 4) is 23.0 Å². The van der Waals surface area contributed by atoms with Gasteiger partial charge in [0.2, 0.25) is 12.1 Å². The predicted octanol–water partition coefficient (Wildman–Crippen LogP) is -0.580. The fourth-order valence-corrected chi connectivity index (χ4v) is 3.94. The molecule has 10 heteroatoms. The highest BCUT2D eigenvalue weighted by Gasteiger charge is 2.45. The van der Waals surface area contributed by atoms with Crippen LogP contribution in [0.2, 0.25) is 0 Å². The molecule has 5 atom stereocenters. The highest BCUT2D eigenvalue weighted by atomic mass is 16.7. The van der Waals surface area contributed by atoms with Gasteiger partial charge in [-0.05, 0) is 23.8 Å². The van der Waals surface area contributed by atoms with Gasteiger partial charge < -0.3 is 44.8 Å². The zero-order chi connectivity index (χ0) is 22.4. The SMILES string of the molecule is COc1cc(O)c2c(c1)Cc1c(O[C@@H]3O[C@H](CO)[C@@H](O)[C@H](O)[C@H]3O)ccc(O)c1C2=O. The van der Waals surface area contributed by atoms with E-state index >= 15 is 0 Å². The van der Waals surface area contributed by atoms with Crippen LogP contribution in [0.3, 0.4) is 0 Å². The van der Waals surface area contributed by atoms with Crippen molar-refractivity contribution in [3.05, 3.63) is 46.5 Å². The predicted molar refractivity (Wildman–Crippen MR) is 103 cm³/mol. The van der Waals surface area contributed by atoms with Crippen LogP contribution in [0.4, 0.5) is 0 Å². The van der Waals surface area contributed by atoms with Crippen LogP contribution >= 0.6 is 0 Å². The lowest BCUT2D eigenvalue weighted by molar-refractivity contribution is -0.277. The molecule has 1 aliphatic heterocycles. The minimum atomic E-state index is -1.64. The molecule has 0 radical (unpaired) electrons. The van der Waals surface area contributed by atoms with Crippen LogP contribution in [0.5, 0.6) is 23.0 Å². The Kier molecular flexibility index (Phi) is 5.50. The zero-order valence-corrected chi connectivity index (χ0v) is 16.4. The third-order valence-corrected chi connectivity index (χ3v) is 5.57. The molecule has 0 amide bonds. The van der Waals surface area contributed by atoms with Crippen molar-refractivity contribution in [2.24, 2.45) is 0 Å². The average molecular weight is 434 g/mol. The first kappa shape index (κ1) is 21.3. The number of hydrogen-bond acceptors (Lipinski definition) is 10. The lowest BCUT2D eigenvalue weighted by Gasteiger charge is -2.40. The van der Waals surface area contributed by atoms with Crippen molar-refractivity contribution in [2.45, 2.75) is 37.1 Å². The molecule has 1 fully saturated rings. The molecule has 2 aromatic carbocycles. The fourth-order valence-electron chi connectivity index (χ4n) is 3.94. The Morgan fingerprint density at radius 1 is 1.03 bits per heavy atom. The van der Waals surface area contributed by atoms with Gasteiger partial charge in [-0.15, -0.1) is 0 Å². The van der Waals surface area contributed by atoms with E-state index in [1.165, 1.54) is 25.3 Å². The first-order valence-electron chi connectivity index (χ1n) is 9.53. The van der Waals surface area contributed by atoms with Crippen molar-refractivity contribution in [2.75, 3.05) is 13.7 Å². The Balaban J connectivity index is 1.73. The zero-order valence-electron chi connectivity index (χ0n) is 16.4. The highest BCUT2D eigenvalue weighted by Crippen LogP contribution is 2.42. The van der Waals surface area contributed by atoms with E-state index in [1.807, 2.05) is 0 Å². The molecule has 4 rings (SSSR count). The number of carbonyl (C=O) groups is 1. The minimum Gasteiger partial charge on any atom is -0.507 e. The van der Waals surface area contributed by atoms with Gasteiger partial charge in [0.1, 0.15) is 47.4 Å². The minimum absolute atomic E-state index is 0.0357. The van der Waals surface area contributed by atoms with E-state index in [2.05, 4.69) is 0 Å². The van der Waals surface area contributed by atoms with Crippen molar-refractivity contribution >= 4 is 5.78 Å². The standard InChI is InChI=1S/C21H22O10/c1-29-9-4-8-5-10-13(30-21-20(28)19(27)17(25)14(7-22)31-21)3-2-11(23)16(10)18(26)15(8)12(24)6-9/h2-4,6,14,17,19-25,27-28H,5,7H2,1H3/t14-,17-,19+,20-,21-/m1/s1. The molecule has 0 spiro atoms. The van der Waals surface area contributed by atoms with Crippen molar-refractivity contribution in [3.63, 3.8) is 0 Å². The molecule has 10 nitrogen and oxygen atoms in total. The van der Waals surface area contributed by atoms with E-state index in [1.54, 1.807) is 6.07 Å². The summed E-state index contributed by atoms with van der Waals surface area (Å²) in [6.07, 6.45) is -7.36. The summed E-state index contributed by atoms with van der Waals surface area (Å²) >= 11 is 0. The van der Waals surface area contributed by atoms with Crippen molar-refractivity contribution < 1.29 is 49.6 Å². The number of hydrogen-bond donors (Lipinski definition) is 6. The molecule has 0 bridgehead atoms. The third kappa shape index (κ3) is 3.48. The highest BCUT2D eigenvalue weighted by molar-refractivity contribution is 6.16. The first-order valence-corrected chi connectivity index (χ1v) is 9.53. The van der Waals surface area contributed by atoms with Gasteiger partial charge in [-0.25, -0.2) is 0 Å². The number of methoxy groups -OCH3 is 1. The number of rotatable bonds is 4. The maximum Gasteiger partial charge on any atom is 0.229 e. The summed E-state index contributed by atoms with van der Waals surface area (Å²) < 4.78 is 16.2. The molecule has 1 heterocycles. The summed E-state index contributed by atoms with van der Waals surface area (Å²) in [5.41, 5.74) is 0.685. The van der Waals surface area contributed by atoms with Crippen LogP contribution in [0.25, 0.3) is 0 Å². The molecule has 0 unspecified atom stereocenters. The molecule has 2 aromatic rings. The number of ether oxygens (including phenoxy) is 3. The Hall–Kier alpha value is -2.89. The van der Waals surface area contributed by atoms with Gasteiger partial charge in [0.25, 0.3) is 0 Å². The third-order valence-electron chi connectivity index (χ3n) is 5.57. The molecule has 31 heavy (non-hydrogen) atoms. The van der Waals surface area contributed by atoms with Gasteiger partial charge in [-0.3, -0.25) is 4.79 Å². The van der Waals surface area contributed by atoms with E-state index in [0.29, 0.717) is 11.3 Å². The number of ketones is 1. The van der Waals surface area contributed by atoms with Crippen LogP contribution in [0, 0.1) is 0 Å². The van der Waals surface area contributed by atoms with Gasteiger partial charge in [0, 0.05) is 18.1 Å². The van der Waals surface area contributed by atoms with E-state index in [4.69, 9.17) is 14.2 Å². The number of phenolic OH excluding ortho intramolecular Hbond substituents is 2. The molecule has 1 aliphatic carbocycles. The maximum atomic E-state index is 13.0. The molecule has 0 saturated carbocycles. The van der Waals surface area contributed by atoms with Crippen LogP contribution in [0.1, 0.15) is 27.0 Å². The van der Waals surface area contributed by atoms with Crippen LogP contribution in [-0.2, 0) is 11.2 Å². The van der Waals surface area contributed by atoms with Gasteiger partial charge in [0.05, 0.1) is 24.8 Å². The van der Waals surface area contributed by atoms with Crippen LogP contribution < -0.4 is 9.47 Å². The number of aliphatic hydroxyl groups is 4. The van der Waals surface area contributed by atoms with E-state index in [-0.39, 0.29) is 40.4 Å². The van der Waals surface area contributed by atoms with E-state index in [0.717, 1.165) is 0 Å². The maximum absolute atomic E-state index is 13.0. The summed E-state index contributed by atoms with van der Waals surface area (Å²) in [5.74, 6) is -0.803. The molecule has 166 valence electrons. The summed E-state index contributed by atoms with van der Waals surface area (Å²) in [4.78, 5) is 13.0. The number of benzene rings is 2. The van der Waals surface area contributed by atoms with Crippen molar-refractivity contribution in [1.82, 2.24) is 0 Å². The molecule has 1 saturated heterocycles. The summed E-state index contributed by atoms with van der Waals surface area (Å²) in [6, 6.07) is 5.47. The molecular weight excluding hydrogens is 412 g/mol. The average Bonchev–Trinajstić information content (AvgIpc) is 2.75. The van der Waals surface area contributed by atoms with E-state index < -0.39 is 43.1 Å². The summed E-state index contributed by atoms with van der Waals surface area (Å²) in [5, 5.41) is 60.1. The first-order chi connectivity index (χ1) is 14.8. The lowest BCUT2D eigenvalue weighted by atomic mass is 9.83. The van der Waals surface area contributed by atoms with Crippen LogP contribution in [-0.4, -0.2) is 80.8 Å². The second-order valence-corrected chi connectivity index (χ2v) is 7.44. The molecule has 2 aliphatic rings. The largest absolute Gasteiger partial charge is 0.507 e. The quantitative estimate of drug-likeness (QED) is 0.313. The number of aliphatic hydroxyl groups excluding tert-OH is 4. The second kappa shape index (κ2) is 7.98. The molecule has 0 aromatic heterocycles. The monoisotopic (exact) mass is 434 g/mol. The number of aromatic hydroxyl groups is 2. The second-order valence-electron chi connectivity index (χ2n) is 7.44. The number of carbonyl (C=O) groups excluding carboxylic acids is 1. The fraction of sp³-hybridized carbons (Fsp3) is 0.381. The topological polar surface area (TPSA) is 166 Å². The Labute approximate surface area is 176 Å². The summed E-state index contributed by atoms with van der Waals surface area (Å²) in [6.45, 7) is -0.622. The van der Waals surface area contributed by atoms with Gasteiger partial charge in [0.15, 0.2) is 0 Å². The van der Waals surface area contributed by atoms with Gasteiger partial charge in [-0.2, -0.15) is 0 Å². The summed E-state index contributed by atoms with van der Waals surface area (Å²) in [7, 11) is 1.42. The number of phenols is 2. The number of fused-ring (bicyclic) bond motifs is 2. The smallest absolute Gasteiger partial charge is 0.229 e. The molecular formula is C21H22O10. The van der Waals surface area contributed by atoms with Gasteiger partial charge in [-0.1, -0.05) is 0 Å². The Morgan fingerprint density at radius 3 is 2.45 bits per heavy atom. The van der Waals surface area contributed by atoms with E-state index in [9.17, 15) is 35.4 Å². The Bertz CT molecular complexity index is 1020. The Morgan fingerprint density at radius 2 is 1.77 bits per heavy atom. The normalized spacial score (nSPS) is 27.4. The lowest BCUT2D eigenvalue weighted by Crippen LogP contribution is -2.60. The molecule has 6 N–H and O–H groups in total. The van der Waals surface area contributed by atoms with Crippen LogP contribution in [0.15, 0.2) is 24.3 Å². The van der Waals surface area contributed by atoms with Gasteiger partial charge >= 0.3 is 0 Å².